The second-order valence-electron chi connectivity index (χ2n) is 7.01. The molecular formula is C22H23Cl2N3O2. The first kappa shape index (κ1) is 21.4. The predicted molar refractivity (Wildman–Crippen MR) is 115 cm³/mol. The average molecular weight is 432 g/mol. The van der Waals surface area contributed by atoms with Gasteiger partial charge >= 0.3 is 0 Å². The third-order valence-corrected chi connectivity index (χ3v) is 5.41. The molecule has 0 atom stereocenters. The van der Waals surface area contributed by atoms with E-state index in [2.05, 4.69) is 29.0 Å². The van der Waals surface area contributed by atoms with Crippen molar-refractivity contribution in [3.05, 3.63) is 87.6 Å². The van der Waals surface area contributed by atoms with Gasteiger partial charge in [-0.25, -0.2) is 4.98 Å². The number of carbonyl (C=O) groups is 1. The van der Waals surface area contributed by atoms with Crippen molar-refractivity contribution in [2.45, 2.75) is 39.5 Å². The first-order valence-electron chi connectivity index (χ1n) is 9.37. The van der Waals surface area contributed by atoms with Crippen molar-refractivity contribution in [2.24, 2.45) is 0 Å². The largest absolute Gasteiger partial charge is 0.447 e. The van der Waals surface area contributed by atoms with Gasteiger partial charge in [0.25, 0.3) is 5.91 Å². The summed E-state index contributed by atoms with van der Waals surface area (Å²) in [5.74, 6) is 0.208. The molecule has 7 heteroatoms. The highest BCUT2D eigenvalue weighted by Crippen LogP contribution is 2.27. The molecule has 0 bridgehead atoms. The molecule has 1 N–H and O–H groups in total. The van der Waals surface area contributed by atoms with Crippen molar-refractivity contribution in [2.75, 3.05) is 0 Å². The first-order valence-corrected chi connectivity index (χ1v) is 10.1. The molecule has 0 aliphatic carbocycles. The van der Waals surface area contributed by atoms with Crippen LogP contribution in [0.1, 0.15) is 41.4 Å². The van der Waals surface area contributed by atoms with Crippen LogP contribution in [0.5, 0.6) is 0 Å². The number of amides is 1. The fourth-order valence-electron chi connectivity index (χ4n) is 2.84. The van der Waals surface area contributed by atoms with E-state index in [4.69, 9.17) is 27.6 Å². The predicted octanol–water partition coefficient (Wildman–Crippen LogP) is 5.32. The van der Waals surface area contributed by atoms with Crippen molar-refractivity contribution >= 4 is 29.1 Å². The van der Waals surface area contributed by atoms with E-state index in [0.717, 1.165) is 11.1 Å². The summed E-state index contributed by atoms with van der Waals surface area (Å²) in [7, 11) is 0. The fourth-order valence-corrected chi connectivity index (χ4v) is 3.22. The molecule has 0 spiro atoms. The van der Waals surface area contributed by atoms with Crippen LogP contribution in [-0.2, 0) is 19.6 Å². The molecular weight excluding hydrogens is 409 g/mol. The molecule has 2 aromatic carbocycles. The maximum atomic E-state index is 12.3. The molecule has 0 aliphatic rings. The van der Waals surface area contributed by atoms with E-state index in [1.165, 1.54) is 6.26 Å². The van der Waals surface area contributed by atoms with Crippen molar-refractivity contribution in [3.63, 3.8) is 0 Å². The SMILES string of the molecule is CC(C)N(Cc1nc(C(=O)NCc2ccccc2)co1)Cc1cccc(Cl)c1Cl. The zero-order chi connectivity index (χ0) is 20.8. The number of benzene rings is 2. The standard InChI is InChI=1S/C22H23Cl2N3O2/c1-15(2)27(12-17-9-6-10-18(23)21(17)24)13-20-26-19(14-29-20)22(28)25-11-16-7-4-3-5-8-16/h3-10,14-15H,11-13H2,1-2H3,(H,25,28). The lowest BCUT2D eigenvalue weighted by Gasteiger charge is -2.25. The number of carbonyl (C=O) groups excluding carboxylic acids is 1. The number of halogens is 2. The smallest absolute Gasteiger partial charge is 0.273 e. The highest BCUT2D eigenvalue weighted by atomic mass is 35.5. The molecule has 3 rings (SSSR count). The van der Waals surface area contributed by atoms with Crippen molar-refractivity contribution in [3.8, 4) is 0 Å². The van der Waals surface area contributed by atoms with Crippen LogP contribution >= 0.6 is 23.2 Å². The van der Waals surface area contributed by atoms with Gasteiger partial charge in [-0.15, -0.1) is 0 Å². The molecule has 1 aromatic heterocycles. The van der Waals surface area contributed by atoms with Crippen molar-refractivity contribution < 1.29 is 9.21 Å². The third kappa shape index (κ3) is 5.82. The third-order valence-electron chi connectivity index (χ3n) is 4.55. The lowest BCUT2D eigenvalue weighted by atomic mass is 10.2. The monoisotopic (exact) mass is 431 g/mol. The summed E-state index contributed by atoms with van der Waals surface area (Å²) in [5.41, 5.74) is 2.22. The molecule has 0 saturated heterocycles. The van der Waals surface area contributed by atoms with Crippen LogP contribution in [0.15, 0.2) is 59.2 Å². The van der Waals surface area contributed by atoms with Crippen LogP contribution in [0.3, 0.4) is 0 Å². The van der Waals surface area contributed by atoms with Gasteiger partial charge in [-0.1, -0.05) is 65.7 Å². The van der Waals surface area contributed by atoms with Crippen LogP contribution in [0.2, 0.25) is 10.0 Å². The minimum absolute atomic E-state index is 0.215. The first-order chi connectivity index (χ1) is 13.9. The lowest BCUT2D eigenvalue weighted by Crippen LogP contribution is -2.30. The second-order valence-corrected chi connectivity index (χ2v) is 7.79. The van der Waals surface area contributed by atoms with E-state index in [1.54, 1.807) is 6.07 Å². The molecule has 5 nitrogen and oxygen atoms in total. The van der Waals surface area contributed by atoms with E-state index in [-0.39, 0.29) is 17.6 Å². The van der Waals surface area contributed by atoms with Gasteiger partial charge in [0, 0.05) is 19.1 Å². The number of aromatic nitrogens is 1. The van der Waals surface area contributed by atoms with E-state index in [0.29, 0.717) is 35.6 Å². The van der Waals surface area contributed by atoms with Crippen molar-refractivity contribution in [1.29, 1.82) is 0 Å². The quantitative estimate of drug-likeness (QED) is 0.523. The number of rotatable bonds is 8. The van der Waals surface area contributed by atoms with Crippen LogP contribution < -0.4 is 5.32 Å². The number of hydrogen-bond donors (Lipinski definition) is 1. The summed E-state index contributed by atoms with van der Waals surface area (Å²) in [4.78, 5) is 18.8. The number of nitrogens with zero attached hydrogens (tertiary/aromatic N) is 2. The Morgan fingerprint density at radius 1 is 1.10 bits per heavy atom. The Morgan fingerprint density at radius 2 is 1.86 bits per heavy atom. The van der Waals surface area contributed by atoms with Gasteiger partial charge < -0.3 is 9.73 Å². The summed E-state index contributed by atoms with van der Waals surface area (Å²) in [6.45, 7) is 5.64. The summed E-state index contributed by atoms with van der Waals surface area (Å²) < 4.78 is 5.54. The molecule has 3 aromatic rings. The molecule has 0 radical (unpaired) electrons. The molecule has 1 heterocycles. The summed E-state index contributed by atoms with van der Waals surface area (Å²) in [5, 5.41) is 3.93. The van der Waals surface area contributed by atoms with E-state index >= 15 is 0 Å². The van der Waals surface area contributed by atoms with Gasteiger partial charge in [-0.3, -0.25) is 9.69 Å². The molecule has 29 heavy (non-hydrogen) atoms. The zero-order valence-electron chi connectivity index (χ0n) is 16.4. The number of nitrogens with one attached hydrogen (secondary N) is 1. The Labute approximate surface area is 180 Å². The van der Waals surface area contributed by atoms with Crippen LogP contribution in [-0.4, -0.2) is 21.8 Å². The Bertz CT molecular complexity index is 958. The maximum absolute atomic E-state index is 12.3. The topological polar surface area (TPSA) is 58.4 Å². The van der Waals surface area contributed by atoms with Crippen molar-refractivity contribution in [1.82, 2.24) is 15.2 Å². The summed E-state index contributed by atoms with van der Waals surface area (Å²) >= 11 is 12.4. The minimum Gasteiger partial charge on any atom is -0.447 e. The van der Waals surface area contributed by atoms with Gasteiger partial charge in [-0.2, -0.15) is 0 Å². The van der Waals surface area contributed by atoms with Gasteiger partial charge in [0.05, 0.1) is 16.6 Å². The molecule has 1 amide bonds. The average Bonchev–Trinajstić information content (AvgIpc) is 3.18. The van der Waals surface area contributed by atoms with Gasteiger partial charge in [0.15, 0.2) is 5.69 Å². The minimum atomic E-state index is -0.266. The number of hydrogen-bond acceptors (Lipinski definition) is 4. The van der Waals surface area contributed by atoms with E-state index in [9.17, 15) is 4.79 Å². The number of oxazole rings is 1. The Kier molecular flexibility index (Phi) is 7.31. The van der Waals surface area contributed by atoms with Gasteiger partial charge in [-0.05, 0) is 31.0 Å². The molecule has 152 valence electrons. The van der Waals surface area contributed by atoms with Crippen LogP contribution in [0, 0.1) is 0 Å². The molecule has 0 saturated carbocycles. The highest BCUT2D eigenvalue weighted by Gasteiger charge is 2.18. The van der Waals surface area contributed by atoms with E-state index in [1.807, 2.05) is 42.5 Å². The lowest BCUT2D eigenvalue weighted by molar-refractivity contribution is 0.0945. The molecule has 0 unspecified atom stereocenters. The van der Waals surface area contributed by atoms with Gasteiger partial charge in [0.2, 0.25) is 5.89 Å². The summed E-state index contributed by atoms with van der Waals surface area (Å²) in [6, 6.07) is 15.5. The van der Waals surface area contributed by atoms with Crippen LogP contribution in [0.25, 0.3) is 0 Å². The van der Waals surface area contributed by atoms with Gasteiger partial charge in [0.1, 0.15) is 6.26 Å². The zero-order valence-corrected chi connectivity index (χ0v) is 17.9. The second kappa shape index (κ2) is 9.92. The molecule has 0 fully saturated rings. The Morgan fingerprint density at radius 3 is 2.59 bits per heavy atom. The summed E-state index contributed by atoms with van der Waals surface area (Å²) in [6.07, 6.45) is 1.39. The van der Waals surface area contributed by atoms with Crippen LogP contribution in [0.4, 0.5) is 0 Å². The normalized spacial score (nSPS) is 11.2. The Hall–Kier alpha value is -2.34. The maximum Gasteiger partial charge on any atom is 0.273 e. The van der Waals surface area contributed by atoms with E-state index < -0.39 is 0 Å². The highest BCUT2D eigenvalue weighted by molar-refractivity contribution is 6.42. The Balaban J connectivity index is 1.63. The molecule has 0 aliphatic heterocycles. The fraction of sp³-hybridized carbons (Fsp3) is 0.273.